The van der Waals surface area contributed by atoms with Gasteiger partial charge in [-0.15, -0.1) is 0 Å². The highest BCUT2D eigenvalue weighted by Gasteiger charge is 2.20. The van der Waals surface area contributed by atoms with Crippen molar-refractivity contribution in [3.8, 4) is 11.1 Å². The number of esters is 1. The van der Waals surface area contributed by atoms with Crippen molar-refractivity contribution in [2.24, 2.45) is 0 Å². The van der Waals surface area contributed by atoms with Gasteiger partial charge in [0, 0.05) is 26.0 Å². The SMILES string of the molecule is CCOC(=O)Cn1c2ccc(Br)cc2c(=O)c2ccc(Cl)c(Cl)c21.Cc1cccc(-c2ccc3c(c2)c(=O)c2ccc(Cl)c(Cl)c2n3CC(=O)O)c1.Cc1cccc(B(O)O)c1. The van der Waals surface area contributed by atoms with Gasteiger partial charge in [-0.25, -0.2) is 0 Å². The van der Waals surface area contributed by atoms with Crippen molar-refractivity contribution in [1.29, 1.82) is 0 Å². The quantitative estimate of drug-likeness (QED) is 0.0813. The molecule has 0 bridgehead atoms. The van der Waals surface area contributed by atoms with Crippen LogP contribution >= 0.6 is 62.3 Å². The highest BCUT2D eigenvalue weighted by atomic mass is 79.9. The van der Waals surface area contributed by atoms with Crippen molar-refractivity contribution in [2.45, 2.75) is 33.9 Å². The minimum atomic E-state index is -1.35. The third-order valence-electron chi connectivity index (χ3n) is 9.77. The molecule has 0 aliphatic rings. The molecule has 0 fully saturated rings. The molecule has 0 saturated heterocycles. The first-order chi connectivity index (χ1) is 29.5. The average molecular weight is 977 g/mol. The minimum absolute atomic E-state index is 0.0667. The monoisotopic (exact) mass is 974 g/mol. The van der Waals surface area contributed by atoms with E-state index in [0.29, 0.717) is 54.1 Å². The van der Waals surface area contributed by atoms with Crippen LogP contribution in [0.1, 0.15) is 18.1 Å². The van der Waals surface area contributed by atoms with Gasteiger partial charge in [0.05, 0.1) is 48.8 Å². The smallest absolute Gasteiger partial charge is 0.480 e. The molecule has 8 rings (SSSR count). The van der Waals surface area contributed by atoms with Crippen LogP contribution < -0.4 is 16.3 Å². The minimum Gasteiger partial charge on any atom is -0.480 e. The number of nitrogens with zero attached hydrogens (tertiary/aromatic N) is 2. The van der Waals surface area contributed by atoms with E-state index in [0.717, 1.165) is 26.7 Å². The van der Waals surface area contributed by atoms with E-state index in [1.807, 2.05) is 50.2 Å². The Bertz CT molecular complexity index is 3170. The number of carboxylic acid groups (broad SMARTS) is 1. The van der Waals surface area contributed by atoms with E-state index in [1.54, 1.807) is 84.3 Å². The normalized spacial score (nSPS) is 10.9. The maximum absolute atomic E-state index is 13.2. The molecule has 6 aromatic carbocycles. The number of benzene rings is 6. The van der Waals surface area contributed by atoms with Gasteiger partial charge in [0.15, 0.2) is 10.9 Å². The summed E-state index contributed by atoms with van der Waals surface area (Å²) >= 11 is 28.3. The summed E-state index contributed by atoms with van der Waals surface area (Å²) in [5, 5.41) is 29.5. The number of halogens is 5. The molecule has 8 aromatic rings. The number of aromatic nitrogens is 2. The zero-order valence-corrected chi connectivity index (χ0v) is 37.9. The summed E-state index contributed by atoms with van der Waals surface area (Å²) < 4.78 is 9.02. The molecule has 0 saturated carbocycles. The van der Waals surface area contributed by atoms with E-state index >= 15 is 0 Å². The fourth-order valence-electron chi connectivity index (χ4n) is 7.02. The fraction of sp³-hybridized carbons (Fsp3) is 0.130. The lowest BCUT2D eigenvalue weighted by atomic mass is 9.80. The predicted octanol–water partition coefficient (Wildman–Crippen LogP) is 9.98. The van der Waals surface area contributed by atoms with Crippen LogP contribution in [0.2, 0.25) is 20.1 Å². The van der Waals surface area contributed by atoms with Crippen LogP contribution in [-0.4, -0.2) is 50.0 Å². The molecule has 2 heterocycles. The molecule has 0 atom stereocenters. The number of fused-ring (bicyclic) bond motifs is 4. The largest absolute Gasteiger partial charge is 0.488 e. The molecule has 0 aliphatic carbocycles. The first-order valence-electron chi connectivity index (χ1n) is 18.9. The number of carbonyl (C=O) groups excluding carboxylic acids is 1. The van der Waals surface area contributed by atoms with Gasteiger partial charge in [0.2, 0.25) is 0 Å². The van der Waals surface area contributed by atoms with Crippen molar-refractivity contribution in [1.82, 2.24) is 9.13 Å². The second-order valence-corrected chi connectivity index (χ2v) is 16.6. The fourth-order valence-corrected chi connectivity index (χ4v) is 8.22. The Labute approximate surface area is 383 Å². The number of aliphatic carboxylic acids is 1. The predicted molar refractivity (Wildman–Crippen MR) is 255 cm³/mol. The number of hydrogen-bond acceptors (Lipinski definition) is 7. The number of carboxylic acids is 1. The zero-order valence-electron chi connectivity index (χ0n) is 33.3. The Hall–Kier alpha value is -5.18. The molecule has 316 valence electrons. The van der Waals surface area contributed by atoms with Crippen LogP contribution in [-0.2, 0) is 27.4 Å². The summed E-state index contributed by atoms with van der Waals surface area (Å²) in [4.78, 5) is 49.5. The lowest BCUT2D eigenvalue weighted by molar-refractivity contribution is -0.143. The first-order valence-corrected chi connectivity index (χ1v) is 21.2. The molecule has 16 heteroatoms. The Balaban J connectivity index is 0.000000171. The Morgan fingerprint density at radius 1 is 0.645 bits per heavy atom. The van der Waals surface area contributed by atoms with Gasteiger partial charge in [-0.3, -0.25) is 19.2 Å². The Morgan fingerprint density at radius 2 is 1.16 bits per heavy atom. The van der Waals surface area contributed by atoms with Gasteiger partial charge in [-0.05, 0) is 92.0 Å². The summed E-state index contributed by atoms with van der Waals surface area (Å²) in [5.74, 6) is -1.45. The van der Waals surface area contributed by atoms with Crippen LogP contribution in [0, 0.1) is 13.8 Å². The third-order valence-corrected chi connectivity index (χ3v) is 11.9. The van der Waals surface area contributed by atoms with Crippen molar-refractivity contribution < 1.29 is 29.5 Å². The van der Waals surface area contributed by atoms with Crippen molar-refractivity contribution >= 4 is 130 Å². The molecule has 0 unspecified atom stereocenters. The van der Waals surface area contributed by atoms with Crippen LogP contribution in [0.3, 0.4) is 0 Å². The molecular weight excluding hydrogens is 941 g/mol. The van der Waals surface area contributed by atoms with E-state index in [9.17, 15) is 24.3 Å². The maximum Gasteiger partial charge on any atom is 0.488 e. The van der Waals surface area contributed by atoms with E-state index in [-0.39, 0.29) is 45.6 Å². The number of carbonyl (C=O) groups is 2. The Morgan fingerprint density at radius 3 is 1.68 bits per heavy atom. The molecular formula is C46H36BBrCl4N2O8. The molecule has 0 amide bonds. The van der Waals surface area contributed by atoms with E-state index in [1.165, 1.54) is 4.57 Å². The first kappa shape index (κ1) is 46.3. The second-order valence-electron chi connectivity index (χ2n) is 14.1. The van der Waals surface area contributed by atoms with Crippen molar-refractivity contribution in [3.05, 3.63) is 165 Å². The van der Waals surface area contributed by atoms with Crippen molar-refractivity contribution in [2.75, 3.05) is 6.61 Å². The molecule has 62 heavy (non-hydrogen) atoms. The molecule has 0 radical (unpaired) electrons. The van der Waals surface area contributed by atoms with Crippen LogP contribution in [0.5, 0.6) is 0 Å². The zero-order chi connectivity index (χ0) is 45.0. The maximum atomic E-state index is 13.2. The molecule has 10 nitrogen and oxygen atoms in total. The van der Waals surface area contributed by atoms with Gasteiger partial charge < -0.3 is 29.0 Å². The van der Waals surface area contributed by atoms with Crippen molar-refractivity contribution in [3.63, 3.8) is 0 Å². The number of pyridine rings is 2. The van der Waals surface area contributed by atoms with Crippen LogP contribution in [0.25, 0.3) is 54.7 Å². The standard InChI is InChI=1S/C22H15Cl2NO3.C17H12BrCl2NO3.C7H9BO2/c1-12-3-2-4-13(9-12)14-5-8-18-16(10-14)22(28)15-6-7-17(23)20(24)21(15)25(18)11-19(26)27;1-2-24-14(22)8-21-13-6-3-9(18)7-11(13)17(23)10-4-5-12(19)15(20)16(10)21;1-6-3-2-4-7(5-6)8(9)10/h2-10H,11H2,1H3,(H,26,27);3-7H,2,8H2,1H3;2-5,9-10H,1H3. The van der Waals surface area contributed by atoms with E-state index in [4.69, 9.17) is 61.2 Å². The summed E-state index contributed by atoms with van der Waals surface area (Å²) in [6.07, 6.45) is 0. The highest BCUT2D eigenvalue weighted by Crippen LogP contribution is 2.34. The van der Waals surface area contributed by atoms with Crippen LogP contribution in [0.4, 0.5) is 0 Å². The van der Waals surface area contributed by atoms with Gasteiger partial charge in [-0.1, -0.05) is 128 Å². The average Bonchev–Trinajstić information content (AvgIpc) is 3.23. The van der Waals surface area contributed by atoms with Gasteiger partial charge in [0.25, 0.3) is 0 Å². The summed E-state index contributed by atoms with van der Waals surface area (Å²) in [7, 11) is -1.35. The third kappa shape index (κ3) is 10.0. The van der Waals surface area contributed by atoms with Gasteiger partial charge in [-0.2, -0.15) is 0 Å². The number of ether oxygens (including phenoxy) is 1. The Kier molecular flexibility index (Phi) is 14.9. The molecule has 0 aliphatic heterocycles. The van der Waals surface area contributed by atoms with Gasteiger partial charge in [0.1, 0.15) is 13.1 Å². The summed E-state index contributed by atoms with van der Waals surface area (Å²) in [5.41, 5.74) is 6.03. The second kappa shape index (κ2) is 19.9. The highest BCUT2D eigenvalue weighted by molar-refractivity contribution is 9.10. The lowest BCUT2D eigenvalue weighted by Crippen LogP contribution is -2.29. The molecule has 0 spiro atoms. The van der Waals surface area contributed by atoms with Gasteiger partial charge >= 0.3 is 19.1 Å². The van der Waals surface area contributed by atoms with Crippen LogP contribution in [0.15, 0.2) is 123 Å². The van der Waals surface area contributed by atoms with E-state index in [2.05, 4.69) is 15.9 Å². The number of rotatable bonds is 7. The lowest BCUT2D eigenvalue weighted by Gasteiger charge is -2.16. The summed E-state index contributed by atoms with van der Waals surface area (Å²) in [6.45, 7) is 5.52. The number of aryl methyl sites for hydroxylation is 2. The topological polar surface area (TPSA) is 148 Å². The summed E-state index contributed by atoms with van der Waals surface area (Å²) in [6, 6.07) is 32.1. The number of hydrogen-bond donors (Lipinski definition) is 3. The van der Waals surface area contributed by atoms with E-state index < -0.39 is 19.1 Å². The molecule has 2 aromatic heterocycles. The molecule has 3 N–H and O–H groups in total.